The fourth-order valence-electron chi connectivity index (χ4n) is 4.11. The molecular weight excluding hydrogens is 591 g/mol. The first-order valence-corrected chi connectivity index (χ1v) is 14.5. The molecule has 3 aromatic rings. The van der Waals surface area contributed by atoms with Crippen molar-refractivity contribution in [2.45, 2.75) is 102 Å². The third-order valence-electron chi connectivity index (χ3n) is 7.39. The molecule has 0 atom stereocenters. The minimum atomic E-state index is -4.28. The number of aromatic nitrogens is 4. The fourth-order valence-corrected chi connectivity index (χ4v) is 4.11. The number of carbonyl (C=O) groups excluding carboxylic acids is 2. The minimum absolute atomic E-state index is 0.120. The first-order chi connectivity index (χ1) is 20.7. The van der Waals surface area contributed by atoms with Gasteiger partial charge in [-0.3, -0.25) is 9.59 Å². The van der Waals surface area contributed by atoms with Crippen LogP contribution in [0, 0.1) is 5.92 Å². The lowest BCUT2D eigenvalue weighted by Crippen LogP contribution is -2.40. The predicted molar refractivity (Wildman–Crippen MR) is 149 cm³/mol. The van der Waals surface area contributed by atoms with Crippen molar-refractivity contribution >= 4 is 22.8 Å². The molecule has 3 aliphatic carbocycles. The molecule has 242 valence electrons. The number of imidazole rings is 1. The van der Waals surface area contributed by atoms with E-state index in [-0.39, 0.29) is 55.2 Å². The molecule has 3 N–H and O–H groups in total. The van der Waals surface area contributed by atoms with E-state index in [2.05, 4.69) is 35.7 Å². The Morgan fingerprint density at radius 3 is 2.30 bits per heavy atom. The predicted octanol–water partition coefficient (Wildman–Crippen LogP) is 5.95. The zero-order valence-corrected chi connectivity index (χ0v) is 24.8. The second-order valence-electron chi connectivity index (χ2n) is 11.9. The molecule has 0 aliphatic heterocycles. The zero-order chi connectivity index (χ0) is 32.1. The molecule has 3 fully saturated rings. The van der Waals surface area contributed by atoms with E-state index in [1.54, 1.807) is 0 Å². The first kappa shape index (κ1) is 33.3. The summed E-state index contributed by atoms with van der Waals surface area (Å²) in [4.78, 5) is 32.0. The molecule has 3 saturated carbocycles. The summed E-state index contributed by atoms with van der Waals surface area (Å²) in [5, 5.41) is 13.1. The lowest BCUT2D eigenvalue weighted by molar-refractivity contribution is -0.255. The van der Waals surface area contributed by atoms with Crippen LogP contribution in [0.5, 0.6) is 0 Å². The van der Waals surface area contributed by atoms with Crippen LogP contribution in [0.3, 0.4) is 0 Å². The lowest BCUT2D eigenvalue weighted by Gasteiger charge is -2.34. The topological polar surface area (TPSA) is 135 Å². The second kappa shape index (κ2) is 13.6. The van der Waals surface area contributed by atoms with E-state index in [4.69, 9.17) is 4.63 Å². The van der Waals surface area contributed by atoms with Gasteiger partial charge in [0.1, 0.15) is 11.5 Å². The number of aromatic amines is 1. The van der Waals surface area contributed by atoms with Crippen molar-refractivity contribution in [1.82, 2.24) is 30.9 Å². The maximum Gasteiger partial charge on any atom is 0.416 e. The number of H-pyrrole nitrogens is 1. The number of benzene rings is 1. The molecule has 2 amide bonds. The van der Waals surface area contributed by atoms with Crippen LogP contribution in [0.15, 0.2) is 22.8 Å². The van der Waals surface area contributed by atoms with Crippen molar-refractivity contribution in [3.8, 4) is 0 Å². The number of ether oxygens (including phenoxy) is 1. The highest BCUT2D eigenvalue weighted by Crippen LogP contribution is 2.44. The molecule has 2 heterocycles. The molecule has 0 spiro atoms. The van der Waals surface area contributed by atoms with Crippen LogP contribution in [0.2, 0.25) is 0 Å². The molecule has 0 unspecified atom stereocenters. The minimum Gasteiger partial charge on any atom is -0.369 e. The Balaban J connectivity index is 0.000000310. The Morgan fingerprint density at radius 2 is 1.75 bits per heavy atom. The average molecular weight is 629 g/mol. The van der Waals surface area contributed by atoms with E-state index in [0.717, 1.165) is 50.4 Å². The molecule has 10 nitrogen and oxygen atoms in total. The Bertz CT molecular complexity index is 1420. The van der Waals surface area contributed by atoms with E-state index in [9.17, 15) is 31.5 Å². The van der Waals surface area contributed by atoms with Gasteiger partial charge in [0.2, 0.25) is 11.8 Å². The first-order valence-electron chi connectivity index (χ1n) is 14.5. The quantitative estimate of drug-likeness (QED) is 0.249. The number of nitrogens with zero attached hydrogens (tertiary/aromatic N) is 3. The summed E-state index contributed by atoms with van der Waals surface area (Å²) in [7, 11) is 1.04. The number of halogens is 5. The van der Waals surface area contributed by atoms with Crippen molar-refractivity contribution < 1.29 is 40.9 Å². The van der Waals surface area contributed by atoms with Crippen molar-refractivity contribution in [3.63, 3.8) is 0 Å². The summed E-state index contributed by atoms with van der Waals surface area (Å²) in [5.74, 6) is -2.62. The monoisotopic (exact) mass is 628 g/mol. The van der Waals surface area contributed by atoms with Crippen molar-refractivity contribution in [3.05, 3.63) is 41.0 Å². The van der Waals surface area contributed by atoms with E-state index in [1.165, 1.54) is 19.3 Å². The number of hydrogen-bond acceptors (Lipinski definition) is 7. The van der Waals surface area contributed by atoms with E-state index < -0.39 is 17.7 Å². The normalized spacial score (nSPS) is 17.5. The average Bonchev–Trinajstić information content (AvgIpc) is 3.89. The van der Waals surface area contributed by atoms with Gasteiger partial charge in [-0.1, -0.05) is 30.5 Å². The van der Waals surface area contributed by atoms with Crippen molar-refractivity contribution in [1.29, 1.82) is 0 Å². The third-order valence-corrected chi connectivity index (χ3v) is 7.39. The summed E-state index contributed by atoms with van der Waals surface area (Å²) in [6.07, 6.45) is 1.88. The van der Waals surface area contributed by atoms with Gasteiger partial charge in [-0.2, -0.15) is 13.2 Å². The molecule has 0 bridgehead atoms. The highest BCUT2D eigenvalue weighted by atomic mass is 19.4. The third kappa shape index (κ3) is 9.44. The van der Waals surface area contributed by atoms with Gasteiger partial charge in [0, 0.05) is 38.8 Å². The number of nitrogens with one attached hydrogen (secondary N) is 3. The van der Waals surface area contributed by atoms with Gasteiger partial charge in [0.05, 0.1) is 17.6 Å². The number of hydrogen-bond donors (Lipinski definition) is 3. The fraction of sp³-hybridized carbons (Fsp3) is 0.621. The standard InChI is InChI=1S/C21H22F2N6O3.C5H9F3O.C3H6/c22-21(23)7-12(8-21)6-17(30)24-9-11-1-4-14-15(5-11)27-16(26-14)10-25-20(31)19-18(13-2-3-13)28-32-29-19;1-4(2,9-3)5(6,7)8;1-2-3-1/h1,4-5,12-13H,2-3,6-10H2,(H,24,30)(H,25,31)(H,26,27);1-3H3;1-3H2. The van der Waals surface area contributed by atoms with Crippen LogP contribution in [-0.4, -0.2) is 56.9 Å². The SMILES string of the molecule is C1CC1.COC(C)(C)C(F)(F)F.O=C(CC1CC(F)(F)C1)NCc1ccc2nc(CNC(=O)c3nonc3C3CC3)[nH]c2c1. The van der Waals surface area contributed by atoms with Crippen LogP contribution in [-0.2, 0) is 22.6 Å². The Hall–Kier alpha value is -3.62. The van der Waals surface area contributed by atoms with Crippen LogP contribution in [0.1, 0.15) is 98.7 Å². The molecular formula is C29H37F5N6O4. The van der Waals surface area contributed by atoms with Gasteiger partial charge in [0.25, 0.3) is 5.91 Å². The number of rotatable bonds is 9. The van der Waals surface area contributed by atoms with E-state index in [0.29, 0.717) is 18.1 Å². The van der Waals surface area contributed by atoms with Gasteiger partial charge < -0.3 is 20.4 Å². The maximum atomic E-state index is 12.9. The van der Waals surface area contributed by atoms with Gasteiger partial charge in [0.15, 0.2) is 11.3 Å². The second-order valence-corrected chi connectivity index (χ2v) is 11.9. The Morgan fingerprint density at radius 1 is 1.07 bits per heavy atom. The summed E-state index contributed by atoms with van der Waals surface area (Å²) in [6, 6.07) is 5.52. The summed E-state index contributed by atoms with van der Waals surface area (Å²) < 4.78 is 69.8. The number of amides is 2. The van der Waals surface area contributed by atoms with Crippen LogP contribution in [0.25, 0.3) is 11.0 Å². The maximum absolute atomic E-state index is 12.9. The molecule has 3 aliphatic rings. The Labute approximate surface area is 250 Å². The molecule has 0 saturated heterocycles. The largest absolute Gasteiger partial charge is 0.416 e. The molecule has 15 heteroatoms. The number of methoxy groups -OCH3 is 1. The highest BCUT2D eigenvalue weighted by molar-refractivity contribution is 5.93. The van der Waals surface area contributed by atoms with Gasteiger partial charge in [-0.25, -0.2) is 18.4 Å². The summed E-state index contributed by atoms with van der Waals surface area (Å²) in [5.41, 5.74) is 1.14. The van der Waals surface area contributed by atoms with Crippen molar-refractivity contribution in [2.75, 3.05) is 7.11 Å². The van der Waals surface area contributed by atoms with Gasteiger partial charge >= 0.3 is 6.18 Å². The molecule has 6 rings (SSSR count). The van der Waals surface area contributed by atoms with Crippen LogP contribution >= 0.6 is 0 Å². The molecule has 0 radical (unpaired) electrons. The Kier molecular flexibility index (Phi) is 10.3. The van der Waals surface area contributed by atoms with Gasteiger partial charge in [-0.05, 0) is 55.5 Å². The number of alkyl halides is 5. The smallest absolute Gasteiger partial charge is 0.369 e. The van der Waals surface area contributed by atoms with E-state index >= 15 is 0 Å². The van der Waals surface area contributed by atoms with E-state index in [1.807, 2.05) is 18.2 Å². The summed E-state index contributed by atoms with van der Waals surface area (Å²) in [6.45, 7) is 2.44. The number of carbonyl (C=O) groups is 2. The zero-order valence-electron chi connectivity index (χ0n) is 24.8. The highest BCUT2D eigenvalue weighted by Gasteiger charge is 2.47. The van der Waals surface area contributed by atoms with Crippen LogP contribution < -0.4 is 10.6 Å². The molecule has 2 aromatic heterocycles. The van der Waals surface area contributed by atoms with Crippen molar-refractivity contribution in [2.24, 2.45) is 5.92 Å². The van der Waals surface area contributed by atoms with Crippen LogP contribution in [0.4, 0.5) is 22.0 Å². The summed E-state index contributed by atoms with van der Waals surface area (Å²) >= 11 is 0. The lowest BCUT2D eigenvalue weighted by atomic mass is 9.79. The molecule has 44 heavy (non-hydrogen) atoms. The molecule has 1 aromatic carbocycles. The number of fused-ring (bicyclic) bond motifs is 1. The van der Waals surface area contributed by atoms with Gasteiger partial charge in [-0.15, -0.1) is 0 Å².